The number of halogens is 1. The monoisotopic (exact) mass is 369 g/mol. The largest absolute Gasteiger partial charge is 0.494 e. The van der Waals surface area contributed by atoms with Crippen molar-refractivity contribution in [1.29, 1.82) is 0 Å². The van der Waals surface area contributed by atoms with Crippen LogP contribution in [0.4, 0.5) is 0 Å². The number of hydrogen-bond donors (Lipinski definition) is 1. The highest BCUT2D eigenvalue weighted by molar-refractivity contribution is 6.48. The van der Waals surface area contributed by atoms with E-state index in [1.54, 1.807) is 0 Å². The maximum absolute atomic E-state index is 11.7. The third kappa shape index (κ3) is 5.12. The Morgan fingerprint density at radius 1 is 1.16 bits per heavy atom. The van der Waals surface area contributed by atoms with Crippen LogP contribution in [-0.2, 0) is 14.1 Å². The lowest BCUT2D eigenvalue weighted by Gasteiger charge is -2.32. The summed E-state index contributed by atoms with van der Waals surface area (Å²) in [5.41, 5.74) is 4.66. The number of para-hydroxylation sites is 1. The van der Waals surface area contributed by atoms with Gasteiger partial charge < -0.3 is 19.8 Å². The van der Waals surface area contributed by atoms with Gasteiger partial charge in [0.2, 0.25) is 5.91 Å². The van der Waals surface area contributed by atoms with Gasteiger partial charge in [0.1, 0.15) is 5.75 Å². The molecule has 1 aromatic rings. The molecule has 2 atom stereocenters. The minimum atomic E-state index is -0.475. The van der Waals surface area contributed by atoms with Crippen molar-refractivity contribution in [2.24, 2.45) is 11.7 Å². The highest BCUT2D eigenvalue weighted by Gasteiger charge is 2.54. The van der Waals surface area contributed by atoms with Crippen LogP contribution in [0, 0.1) is 5.92 Å². The van der Waals surface area contributed by atoms with Crippen LogP contribution in [0.3, 0.4) is 0 Å². The van der Waals surface area contributed by atoms with Gasteiger partial charge in [-0.1, -0.05) is 25.1 Å². The summed E-state index contributed by atoms with van der Waals surface area (Å²) in [6.45, 7) is 10.3. The van der Waals surface area contributed by atoms with E-state index >= 15 is 0 Å². The van der Waals surface area contributed by atoms with Gasteiger partial charge in [0, 0.05) is 11.7 Å². The number of benzene rings is 1. The van der Waals surface area contributed by atoms with Gasteiger partial charge in [-0.05, 0) is 46.2 Å². The molecule has 7 heteroatoms. The van der Waals surface area contributed by atoms with Crippen molar-refractivity contribution >= 4 is 25.4 Å². The zero-order chi connectivity index (χ0) is 18.0. The summed E-state index contributed by atoms with van der Waals surface area (Å²) >= 11 is 0. The van der Waals surface area contributed by atoms with E-state index in [1.165, 1.54) is 0 Å². The van der Waals surface area contributed by atoms with Crippen molar-refractivity contribution in [3.63, 3.8) is 0 Å². The van der Waals surface area contributed by atoms with Gasteiger partial charge >= 0.3 is 7.12 Å². The van der Waals surface area contributed by atoms with E-state index in [4.69, 9.17) is 19.8 Å². The molecule has 1 aliphatic rings. The van der Waals surface area contributed by atoms with E-state index in [1.807, 2.05) is 65.0 Å². The smallest absolute Gasteiger partial charge is 0.462 e. The standard InChI is InChI=1S/C18H28BNO4.ClH/c1-13(16(20)21)15(11-12-22-14-9-7-6-8-10-14)19-23-17(2,3)18(4,5)24-19;/h6-10,13,15H,11-12H2,1-5H3,(H2,20,21);1H/t13?,15-;/m1./s1. The molecule has 25 heavy (non-hydrogen) atoms. The van der Waals surface area contributed by atoms with Crippen molar-refractivity contribution in [2.45, 2.75) is 58.1 Å². The third-order valence-corrected chi connectivity index (χ3v) is 5.18. The van der Waals surface area contributed by atoms with E-state index in [2.05, 4.69) is 0 Å². The Bertz CT molecular complexity index is 551. The summed E-state index contributed by atoms with van der Waals surface area (Å²) in [5, 5.41) is 0. The SMILES string of the molecule is CC(C(N)=O)[C@@H](CCOc1ccccc1)B1OC(C)(C)C(C)(C)O1.Cl. The topological polar surface area (TPSA) is 70.8 Å². The Kier molecular flexibility index (Phi) is 7.35. The second-order valence-corrected chi connectivity index (χ2v) is 7.43. The molecule has 1 unspecified atom stereocenters. The van der Waals surface area contributed by atoms with E-state index in [-0.39, 0.29) is 30.0 Å². The molecule has 2 rings (SSSR count). The highest BCUT2D eigenvalue weighted by atomic mass is 35.5. The number of nitrogens with two attached hydrogens (primary N) is 1. The van der Waals surface area contributed by atoms with Gasteiger partial charge in [0.15, 0.2) is 0 Å². The summed E-state index contributed by atoms with van der Waals surface area (Å²) in [6, 6.07) is 9.60. The molecule has 1 amide bonds. The number of ether oxygens (including phenoxy) is 1. The lowest BCUT2D eigenvalue weighted by molar-refractivity contribution is -0.121. The summed E-state index contributed by atoms with van der Waals surface area (Å²) in [6.07, 6.45) is 0.621. The van der Waals surface area contributed by atoms with E-state index in [9.17, 15) is 4.79 Å². The van der Waals surface area contributed by atoms with Crippen molar-refractivity contribution in [2.75, 3.05) is 6.61 Å². The molecule has 5 nitrogen and oxygen atoms in total. The zero-order valence-corrected chi connectivity index (χ0v) is 16.5. The van der Waals surface area contributed by atoms with Crippen LogP contribution in [0.1, 0.15) is 41.0 Å². The van der Waals surface area contributed by atoms with Crippen LogP contribution in [0.15, 0.2) is 30.3 Å². The van der Waals surface area contributed by atoms with Gasteiger partial charge in [-0.25, -0.2) is 0 Å². The van der Waals surface area contributed by atoms with Crippen LogP contribution in [0.25, 0.3) is 0 Å². The van der Waals surface area contributed by atoms with Crippen molar-refractivity contribution in [3.8, 4) is 5.75 Å². The first kappa shape index (κ1) is 21.8. The molecule has 0 saturated carbocycles. The third-order valence-electron chi connectivity index (χ3n) is 5.18. The van der Waals surface area contributed by atoms with Crippen molar-refractivity contribution < 1.29 is 18.8 Å². The van der Waals surface area contributed by atoms with Crippen LogP contribution >= 0.6 is 12.4 Å². The summed E-state index contributed by atoms with van der Waals surface area (Å²) < 4.78 is 18.0. The number of rotatable bonds is 7. The van der Waals surface area contributed by atoms with E-state index < -0.39 is 18.3 Å². The highest BCUT2D eigenvalue weighted by Crippen LogP contribution is 2.42. The molecule has 140 valence electrons. The minimum absolute atomic E-state index is 0. The van der Waals surface area contributed by atoms with Crippen LogP contribution in [0.2, 0.25) is 5.82 Å². The number of amides is 1. The van der Waals surface area contributed by atoms with Crippen LogP contribution in [-0.4, -0.2) is 30.8 Å². The second-order valence-electron chi connectivity index (χ2n) is 7.43. The summed E-state index contributed by atoms with van der Waals surface area (Å²) in [4.78, 5) is 11.7. The molecule has 1 aromatic carbocycles. The van der Waals surface area contributed by atoms with Crippen LogP contribution < -0.4 is 10.5 Å². The number of primary amides is 1. The Balaban J connectivity index is 0.00000312. The van der Waals surface area contributed by atoms with Crippen molar-refractivity contribution in [3.05, 3.63) is 30.3 Å². The average Bonchev–Trinajstić information content (AvgIpc) is 2.72. The molecule has 0 aliphatic carbocycles. The molecule has 1 saturated heterocycles. The first-order valence-electron chi connectivity index (χ1n) is 8.47. The van der Waals surface area contributed by atoms with Crippen molar-refractivity contribution in [1.82, 2.24) is 0 Å². The Hall–Kier alpha value is -1.24. The molecular formula is C18H29BClNO4. The van der Waals surface area contributed by atoms with Gasteiger partial charge in [0.05, 0.1) is 17.8 Å². The molecule has 0 radical (unpaired) electrons. The molecular weight excluding hydrogens is 340 g/mol. The zero-order valence-electron chi connectivity index (χ0n) is 15.7. The lowest BCUT2D eigenvalue weighted by atomic mass is 9.63. The fourth-order valence-corrected chi connectivity index (χ4v) is 2.73. The fraction of sp³-hybridized carbons (Fsp3) is 0.611. The normalized spacial score (nSPS) is 20.4. The fourth-order valence-electron chi connectivity index (χ4n) is 2.73. The molecule has 0 bridgehead atoms. The van der Waals surface area contributed by atoms with Gasteiger partial charge in [-0.3, -0.25) is 4.79 Å². The van der Waals surface area contributed by atoms with Gasteiger partial charge in [-0.2, -0.15) is 0 Å². The molecule has 2 N–H and O–H groups in total. The van der Waals surface area contributed by atoms with E-state index in [0.717, 1.165) is 5.75 Å². The lowest BCUT2D eigenvalue weighted by Crippen LogP contribution is -2.41. The second kappa shape index (κ2) is 8.43. The van der Waals surface area contributed by atoms with Gasteiger partial charge in [0.25, 0.3) is 0 Å². The quantitative estimate of drug-likeness (QED) is 0.747. The molecule has 1 heterocycles. The number of carbonyl (C=O) groups excluding carboxylic acids is 1. The van der Waals surface area contributed by atoms with Crippen LogP contribution in [0.5, 0.6) is 5.75 Å². The molecule has 1 fully saturated rings. The Morgan fingerprint density at radius 2 is 1.68 bits per heavy atom. The first-order chi connectivity index (χ1) is 11.1. The molecule has 0 aromatic heterocycles. The first-order valence-corrected chi connectivity index (χ1v) is 8.47. The maximum Gasteiger partial charge on any atom is 0.462 e. The average molecular weight is 370 g/mol. The molecule has 1 aliphatic heterocycles. The van der Waals surface area contributed by atoms with E-state index in [0.29, 0.717) is 13.0 Å². The predicted molar refractivity (Wildman–Crippen MR) is 102 cm³/mol. The maximum atomic E-state index is 11.7. The number of carbonyl (C=O) groups is 1. The molecule has 0 spiro atoms. The number of hydrogen-bond acceptors (Lipinski definition) is 4. The summed E-state index contributed by atoms with van der Waals surface area (Å²) in [7, 11) is -0.475. The predicted octanol–water partition coefficient (Wildman–Crippen LogP) is 3.46. The summed E-state index contributed by atoms with van der Waals surface area (Å²) in [5.74, 6) is -0.0716. The Morgan fingerprint density at radius 3 is 2.16 bits per heavy atom. The Labute approximate surface area is 157 Å². The minimum Gasteiger partial charge on any atom is -0.494 e. The van der Waals surface area contributed by atoms with Gasteiger partial charge in [-0.15, -0.1) is 12.4 Å².